The molecule has 0 amide bonds. The molecule has 170 valence electrons. The van der Waals surface area contributed by atoms with Gasteiger partial charge in [-0.25, -0.2) is 0 Å². The topological polar surface area (TPSA) is 66.4 Å². The molecule has 0 saturated carbocycles. The summed E-state index contributed by atoms with van der Waals surface area (Å²) in [4.78, 5) is 0. The molecule has 1 aliphatic carbocycles. The van der Waals surface area contributed by atoms with Crippen molar-refractivity contribution in [3.8, 4) is 0 Å². The molecule has 6 atom stereocenters. The molecular formula is C26H30O6. The lowest BCUT2D eigenvalue weighted by molar-refractivity contribution is -0.413. The van der Waals surface area contributed by atoms with Crippen LogP contribution < -0.4 is 0 Å². The summed E-state index contributed by atoms with van der Waals surface area (Å²) in [5.41, 5.74) is -0.379. The largest absolute Gasteiger partial charge is 0.381 e. The van der Waals surface area contributed by atoms with E-state index in [-0.39, 0.29) is 12.7 Å². The van der Waals surface area contributed by atoms with Gasteiger partial charge in [-0.1, -0.05) is 72.8 Å². The smallest absolute Gasteiger partial charge is 0.190 e. The standard InChI is InChI=1S/C26H30O6/c1-18(2)30-24-26(27)15-9-14-25(32-24)17-29-23(20-12-7-4-8-13-20)31-21(25)22(26)28-16-19-10-5-3-6-11-19/h3-14,18,21-24,27H,15-17H2,1-2H3/t21-,22-,23?,24+,25+,26-/m0/s1. The SMILES string of the molecule is CC(C)O[C@@H]1O[C@@]23C=CC[C@]1(O)[C@@H](OCc1ccccc1)[C@@H]2OC(c1ccccc1)OC3. The average molecular weight is 439 g/mol. The summed E-state index contributed by atoms with van der Waals surface area (Å²) in [5, 5.41) is 11.9. The van der Waals surface area contributed by atoms with Crippen molar-refractivity contribution < 1.29 is 28.8 Å². The second-order valence-corrected chi connectivity index (χ2v) is 9.01. The molecule has 0 aromatic heterocycles. The van der Waals surface area contributed by atoms with Gasteiger partial charge in [0, 0.05) is 12.0 Å². The number of benzene rings is 2. The zero-order chi connectivity index (χ0) is 22.2. The van der Waals surface area contributed by atoms with Gasteiger partial charge in [-0.15, -0.1) is 0 Å². The molecule has 3 aliphatic heterocycles. The third-order valence-corrected chi connectivity index (χ3v) is 6.30. The fraction of sp³-hybridized carbons (Fsp3) is 0.462. The maximum Gasteiger partial charge on any atom is 0.190 e. The minimum absolute atomic E-state index is 0.129. The Morgan fingerprint density at radius 3 is 2.50 bits per heavy atom. The van der Waals surface area contributed by atoms with Crippen LogP contribution in [0.15, 0.2) is 72.8 Å². The second-order valence-electron chi connectivity index (χ2n) is 9.01. The molecule has 32 heavy (non-hydrogen) atoms. The lowest BCUT2D eigenvalue weighted by atomic mass is 9.80. The van der Waals surface area contributed by atoms with E-state index in [0.717, 1.165) is 11.1 Å². The Bertz CT molecular complexity index is 932. The van der Waals surface area contributed by atoms with Gasteiger partial charge in [0.15, 0.2) is 12.6 Å². The third kappa shape index (κ3) is 3.92. The molecule has 2 saturated heterocycles. The van der Waals surface area contributed by atoms with Crippen molar-refractivity contribution in [3.05, 3.63) is 83.9 Å². The van der Waals surface area contributed by atoms with Crippen LogP contribution in [0.4, 0.5) is 0 Å². The van der Waals surface area contributed by atoms with Gasteiger partial charge in [-0.05, 0) is 19.4 Å². The highest BCUT2D eigenvalue weighted by Crippen LogP contribution is 2.49. The first kappa shape index (κ1) is 21.8. The molecule has 2 aromatic rings. The van der Waals surface area contributed by atoms with Gasteiger partial charge in [0.25, 0.3) is 0 Å². The van der Waals surface area contributed by atoms with Gasteiger partial charge < -0.3 is 28.8 Å². The van der Waals surface area contributed by atoms with E-state index in [1.165, 1.54) is 0 Å². The Morgan fingerprint density at radius 1 is 1.06 bits per heavy atom. The van der Waals surface area contributed by atoms with Crippen molar-refractivity contribution in [2.24, 2.45) is 0 Å². The molecule has 4 aliphatic rings. The minimum atomic E-state index is -1.40. The van der Waals surface area contributed by atoms with Crippen molar-refractivity contribution in [2.75, 3.05) is 6.61 Å². The Labute approximate surface area is 188 Å². The lowest BCUT2D eigenvalue weighted by Crippen LogP contribution is -2.73. The normalized spacial score (nSPS) is 36.1. The van der Waals surface area contributed by atoms with Crippen molar-refractivity contribution in [2.45, 2.75) is 69.0 Å². The van der Waals surface area contributed by atoms with Crippen LogP contribution >= 0.6 is 0 Å². The van der Waals surface area contributed by atoms with Gasteiger partial charge in [0.2, 0.25) is 0 Å². The zero-order valence-corrected chi connectivity index (χ0v) is 18.4. The van der Waals surface area contributed by atoms with E-state index < -0.39 is 36.0 Å². The van der Waals surface area contributed by atoms with E-state index >= 15 is 0 Å². The summed E-state index contributed by atoms with van der Waals surface area (Å²) in [6.45, 7) is 4.46. The maximum absolute atomic E-state index is 11.9. The monoisotopic (exact) mass is 438 g/mol. The van der Waals surface area contributed by atoms with Crippen LogP contribution in [-0.2, 0) is 30.3 Å². The van der Waals surface area contributed by atoms with Crippen LogP contribution in [0.5, 0.6) is 0 Å². The van der Waals surface area contributed by atoms with Crippen molar-refractivity contribution in [1.82, 2.24) is 0 Å². The number of fused-ring (bicyclic) bond motifs is 2. The summed E-state index contributed by atoms with van der Waals surface area (Å²) < 4.78 is 31.4. The van der Waals surface area contributed by atoms with Gasteiger partial charge in [-0.3, -0.25) is 0 Å². The van der Waals surface area contributed by atoms with Crippen LogP contribution in [-0.4, -0.2) is 47.5 Å². The van der Waals surface area contributed by atoms with Crippen molar-refractivity contribution >= 4 is 0 Å². The van der Waals surface area contributed by atoms with E-state index in [1.54, 1.807) is 0 Å². The average Bonchev–Trinajstić information content (AvgIpc) is 3.01. The fourth-order valence-corrected chi connectivity index (χ4v) is 4.71. The van der Waals surface area contributed by atoms with Crippen LogP contribution in [0, 0.1) is 0 Å². The van der Waals surface area contributed by atoms with Crippen LogP contribution in [0.2, 0.25) is 0 Å². The highest BCUT2D eigenvalue weighted by Gasteiger charge is 2.66. The summed E-state index contributed by atoms with van der Waals surface area (Å²) in [5.74, 6) is 0. The van der Waals surface area contributed by atoms with E-state index in [9.17, 15) is 5.11 Å². The Balaban J connectivity index is 1.49. The molecule has 2 aromatic carbocycles. The molecule has 6 heteroatoms. The van der Waals surface area contributed by atoms with Crippen molar-refractivity contribution in [1.29, 1.82) is 0 Å². The van der Waals surface area contributed by atoms with Crippen LogP contribution in [0.25, 0.3) is 0 Å². The third-order valence-electron chi connectivity index (χ3n) is 6.30. The molecule has 0 radical (unpaired) electrons. The predicted molar refractivity (Wildman–Crippen MR) is 118 cm³/mol. The quantitative estimate of drug-likeness (QED) is 0.690. The fourth-order valence-electron chi connectivity index (χ4n) is 4.71. The van der Waals surface area contributed by atoms with Gasteiger partial charge in [0.05, 0.1) is 19.3 Å². The van der Waals surface area contributed by atoms with Gasteiger partial charge in [0.1, 0.15) is 23.4 Å². The molecule has 6 rings (SSSR count). The van der Waals surface area contributed by atoms with Crippen LogP contribution in [0.3, 0.4) is 0 Å². The number of rotatable bonds is 6. The van der Waals surface area contributed by atoms with E-state index in [4.69, 9.17) is 23.7 Å². The molecule has 1 N–H and O–H groups in total. The Kier molecular flexibility index (Phi) is 5.92. The summed E-state index contributed by atoms with van der Waals surface area (Å²) in [6.07, 6.45) is 1.40. The number of ether oxygens (including phenoxy) is 5. The van der Waals surface area contributed by atoms with Gasteiger partial charge in [-0.2, -0.15) is 0 Å². The summed E-state index contributed by atoms with van der Waals surface area (Å²) >= 11 is 0. The number of hydrogen-bond donors (Lipinski definition) is 1. The first-order chi connectivity index (χ1) is 15.5. The lowest BCUT2D eigenvalue weighted by Gasteiger charge is -2.56. The Hall–Kier alpha value is -2.06. The van der Waals surface area contributed by atoms with Crippen molar-refractivity contribution in [3.63, 3.8) is 0 Å². The number of aliphatic hydroxyl groups is 1. The minimum Gasteiger partial charge on any atom is -0.381 e. The van der Waals surface area contributed by atoms with Gasteiger partial charge >= 0.3 is 0 Å². The molecule has 6 nitrogen and oxygen atoms in total. The number of hydrogen-bond acceptors (Lipinski definition) is 6. The first-order valence-electron chi connectivity index (χ1n) is 11.2. The molecule has 2 bridgehead atoms. The molecule has 2 fully saturated rings. The van der Waals surface area contributed by atoms with E-state index in [0.29, 0.717) is 13.0 Å². The molecule has 1 spiro atoms. The first-order valence-corrected chi connectivity index (χ1v) is 11.2. The maximum atomic E-state index is 11.9. The molecule has 3 heterocycles. The molecule has 1 unspecified atom stereocenters. The summed E-state index contributed by atoms with van der Waals surface area (Å²) in [6, 6.07) is 19.7. The zero-order valence-electron chi connectivity index (χ0n) is 18.4. The predicted octanol–water partition coefficient (Wildman–Crippen LogP) is 3.90. The van der Waals surface area contributed by atoms with E-state index in [2.05, 4.69) is 0 Å². The Morgan fingerprint density at radius 2 is 1.78 bits per heavy atom. The highest BCUT2D eigenvalue weighted by molar-refractivity contribution is 5.25. The summed E-state index contributed by atoms with van der Waals surface area (Å²) in [7, 11) is 0. The molecular weight excluding hydrogens is 408 g/mol. The van der Waals surface area contributed by atoms with Crippen LogP contribution in [0.1, 0.15) is 37.7 Å². The highest BCUT2D eigenvalue weighted by atomic mass is 16.8. The second kappa shape index (κ2) is 8.71. The van der Waals surface area contributed by atoms with E-state index in [1.807, 2.05) is 86.7 Å².